The van der Waals surface area contributed by atoms with E-state index in [0.29, 0.717) is 11.4 Å². The topological polar surface area (TPSA) is 77.3 Å². The lowest BCUT2D eigenvalue weighted by Gasteiger charge is -2.03. The molecule has 144 valence electrons. The molecule has 0 bridgehead atoms. The first kappa shape index (κ1) is 20.8. The van der Waals surface area contributed by atoms with Gasteiger partial charge in [-0.05, 0) is 35.4 Å². The number of hydrogen-bond acceptors (Lipinski definition) is 6. The number of rotatable bonds is 10. The van der Waals surface area contributed by atoms with Crippen LogP contribution in [-0.4, -0.2) is 25.2 Å². The summed E-state index contributed by atoms with van der Waals surface area (Å²) in [5.41, 5.74) is 3.00. The number of carbonyl (C=O) groups is 2. The molecule has 6 nitrogen and oxygen atoms in total. The second-order valence-corrected chi connectivity index (χ2v) is 5.83. The van der Waals surface area contributed by atoms with Crippen LogP contribution in [0.4, 0.5) is 11.4 Å². The Bertz CT molecular complexity index is 768. The van der Waals surface area contributed by atoms with Crippen molar-refractivity contribution in [3.05, 3.63) is 85.0 Å². The van der Waals surface area contributed by atoms with Crippen molar-refractivity contribution >= 4 is 23.3 Å². The number of azo groups is 1. The van der Waals surface area contributed by atoms with E-state index in [1.807, 2.05) is 24.3 Å². The van der Waals surface area contributed by atoms with Crippen LogP contribution < -0.4 is 0 Å². The highest BCUT2D eigenvalue weighted by atomic mass is 16.5. The van der Waals surface area contributed by atoms with Crippen LogP contribution in [0.25, 0.3) is 0 Å². The smallest absolute Gasteiger partial charge is 0.310 e. The Balaban J connectivity index is 1.89. The molecule has 0 aliphatic heterocycles. The highest BCUT2D eigenvalue weighted by Crippen LogP contribution is 2.20. The molecular formula is C22H22N2O4. The fraction of sp³-hybridized carbons (Fsp3) is 0.182. The van der Waals surface area contributed by atoms with Gasteiger partial charge in [0.05, 0.1) is 24.2 Å². The minimum atomic E-state index is -0.303. The molecule has 2 aromatic carbocycles. The summed E-state index contributed by atoms with van der Waals surface area (Å²) in [6.07, 6.45) is 3.45. The Morgan fingerprint density at radius 2 is 1.07 bits per heavy atom. The van der Waals surface area contributed by atoms with Gasteiger partial charge in [-0.25, -0.2) is 0 Å². The van der Waals surface area contributed by atoms with Crippen molar-refractivity contribution in [2.75, 3.05) is 13.2 Å². The summed E-state index contributed by atoms with van der Waals surface area (Å²) in [5, 5.41) is 8.34. The van der Waals surface area contributed by atoms with Crippen molar-refractivity contribution in [2.45, 2.75) is 12.8 Å². The predicted octanol–water partition coefficient (Wildman–Crippen LogP) is 4.65. The van der Waals surface area contributed by atoms with Crippen LogP contribution in [0.2, 0.25) is 0 Å². The molecular weight excluding hydrogens is 356 g/mol. The second kappa shape index (κ2) is 11.2. The van der Waals surface area contributed by atoms with Gasteiger partial charge >= 0.3 is 11.9 Å². The molecule has 6 heteroatoms. The van der Waals surface area contributed by atoms with E-state index in [0.717, 1.165) is 11.1 Å². The lowest BCUT2D eigenvalue weighted by Crippen LogP contribution is -2.07. The molecule has 0 aliphatic rings. The molecule has 0 saturated heterocycles. The molecule has 0 unspecified atom stereocenters. The van der Waals surface area contributed by atoms with Crippen molar-refractivity contribution in [1.82, 2.24) is 0 Å². The normalized spacial score (nSPS) is 10.4. The Hall–Kier alpha value is -3.54. The van der Waals surface area contributed by atoms with Gasteiger partial charge in [0.15, 0.2) is 0 Å². The van der Waals surface area contributed by atoms with Gasteiger partial charge < -0.3 is 9.47 Å². The first-order chi connectivity index (χ1) is 13.6. The maximum absolute atomic E-state index is 11.6. The number of nitrogens with zero attached hydrogens (tertiary/aromatic N) is 2. The average molecular weight is 378 g/mol. The zero-order valence-corrected chi connectivity index (χ0v) is 15.5. The van der Waals surface area contributed by atoms with E-state index in [9.17, 15) is 9.59 Å². The summed E-state index contributed by atoms with van der Waals surface area (Å²) in [6.45, 7) is 7.42. The van der Waals surface area contributed by atoms with Gasteiger partial charge in [-0.15, -0.1) is 0 Å². The molecule has 0 aromatic heterocycles. The van der Waals surface area contributed by atoms with Gasteiger partial charge in [-0.3, -0.25) is 9.59 Å². The van der Waals surface area contributed by atoms with Gasteiger partial charge in [-0.1, -0.05) is 49.6 Å². The van der Waals surface area contributed by atoms with Crippen molar-refractivity contribution in [2.24, 2.45) is 10.2 Å². The molecule has 0 saturated carbocycles. The minimum absolute atomic E-state index is 0.196. The quantitative estimate of drug-likeness (QED) is 0.343. The standard InChI is InChI=1S/C22H22N2O4/c1-3-13-27-21(25)15-17-5-9-19(10-6-17)23-24-20-11-7-18(8-12-20)16-22(26)28-14-4-2/h3-12H,1-2,13-16H2. The van der Waals surface area contributed by atoms with E-state index < -0.39 is 0 Å². The number of carbonyl (C=O) groups excluding carboxylic acids is 2. The first-order valence-electron chi connectivity index (χ1n) is 8.73. The second-order valence-electron chi connectivity index (χ2n) is 5.83. The lowest BCUT2D eigenvalue weighted by molar-refractivity contribution is -0.142. The Morgan fingerprint density at radius 1 is 0.714 bits per heavy atom. The molecule has 0 spiro atoms. The van der Waals surface area contributed by atoms with Crippen LogP contribution >= 0.6 is 0 Å². The molecule has 0 amide bonds. The predicted molar refractivity (Wildman–Crippen MR) is 107 cm³/mol. The van der Waals surface area contributed by atoms with Crippen molar-refractivity contribution in [3.8, 4) is 0 Å². The highest BCUT2D eigenvalue weighted by molar-refractivity contribution is 5.73. The number of esters is 2. The van der Waals surface area contributed by atoms with Gasteiger partial charge in [0.2, 0.25) is 0 Å². The van der Waals surface area contributed by atoms with E-state index in [2.05, 4.69) is 23.4 Å². The minimum Gasteiger partial charge on any atom is -0.461 e. The third kappa shape index (κ3) is 7.37. The molecule has 28 heavy (non-hydrogen) atoms. The van der Waals surface area contributed by atoms with Crippen LogP contribution in [0.5, 0.6) is 0 Å². The van der Waals surface area contributed by atoms with Gasteiger partial charge in [-0.2, -0.15) is 10.2 Å². The molecule has 0 heterocycles. The van der Waals surface area contributed by atoms with Crippen LogP contribution in [0.3, 0.4) is 0 Å². The number of benzene rings is 2. The Kier molecular flexibility index (Phi) is 8.33. The monoisotopic (exact) mass is 378 g/mol. The maximum Gasteiger partial charge on any atom is 0.310 e. The van der Waals surface area contributed by atoms with Gasteiger partial charge in [0, 0.05) is 0 Å². The molecule has 0 N–H and O–H groups in total. The summed E-state index contributed by atoms with van der Waals surface area (Å²) in [4.78, 5) is 23.1. The Morgan fingerprint density at radius 3 is 1.39 bits per heavy atom. The summed E-state index contributed by atoms with van der Waals surface area (Å²) >= 11 is 0. The maximum atomic E-state index is 11.6. The SMILES string of the molecule is C=CCOC(=O)Cc1ccc(N=Nc2ccc(CC(=O)OCC=C)cc2)cc1. The number of hydrogen-bond donors (Lipinski definition) is 0. The highest BCUT2D eigenvalue weighted by Gasteiger charge is 2.05. The molecule has 0 fully saturated rings. The van der Waals surface area contributed by atoms with E-state index in [1.165, 1.54) is 12.2 Å². The summed E-state index contributed by atoms with van der Waals surface area (Å²) in [5.74, 6) is -0.606. The third-order valence-corrected chi connectivity index (χ3v) is 3.57. The molecule has 2 rings (SSSR count). The van der Waals surface area contributed by atoms with Crippen LogP contribution in [0, 0.1) is 0 Å². The summed E-state index contributed by atoms with van der Waals surface area (Å²) in [6, 6.07) is 14.4. The first-order valence-corrected chi connectivity index (χ1v) is 8.73. The summed E-state index contributed by atoms with van der Waals surface area (Å²) in [7, 11) is 0. The van der Waals surface area contributed by atoms with Crippen LogP contribution in [-0.2, 0) is 31.9 Å². The molecule has 0 atom stereocenters. The molecule has 0 aliphatic carbocycles. The molecule has 0 radical (unpaired) electrons. The average Bonchev–Trinajstić information content (AvgIpc) is 2.71. The van der Waals surface area contributed by atoms with Crippen molar-refractivity contribution < 1.29 is 19.1 Å². The zero-order chi connectivity index (χ0) is 20.2. The van der Waals surface area contributed by atoms with Crippen molar-refractivity contribution in [1.29, 1.82) is 0 Å². The Labute approximate surface area is 164 Å². The largest absolute Gasteiger partial charge is 0.461 e. The van der Waals surface area contributed by atoms with E-state index in [4.69, 9.17) is 9.47 Å². The molecule has 2 aromatic rings. The van der Waals surface area contributed by atoms with E-state index in [-0.39, 0.29) is 38.0 Å². The third-order valence-electron chi connectivity index (χ3n) is 3.57. The van der Waals surface area contributed by atoms with Crippen LogP contribution in [0.15, 0.2) is 84.1 Å². The van der Waals surface area contributed by atoms with E-state index in [1.54, 1.807) is 24.3 Å². The zero-order valence-electron chi connectivity index (χ0n) is 15.5. The summed E-state index contributed by atoms with van der Waals surface area (Å²) < 4.78 is 9.90. The fourth-order valence-electron chi connectivity index (χ4n) is 2.22. The van der Waals surface area contributed by atoms with Crippen LogP contribution in [0.1, 0.15) is 11.1 Å². The fourth-order valence-corrected chi connectivity index (χ4v) is 2.22. The van der Waals surface area contributed by atoms with Crippen molar-refractivity contribution in [3.63, 3.8) is 0 Å². The lowest BCUT2D eigenvalue weighted by atomic mass is 10.1. The van der Waals surface area contributed by atoms with Gasteiger partial charge in [0.25, 0.3) is 0 Å². The van der Waals surface area contributed by atoms with Gasteiger partial charge in [0.1, 0.15) is 13.2 Å². The van der Waals surface area contributed by atoms with E-state index >= 15 is 0 Å². The number of ether oxygens (including phenoxy) is 2.